The van der Waals surface area contributed by atoms with Crippen LogP contribution in [-0.2, 0) is 32.2 Å². The Bertz CT molecular complexity index is 1160. The fourth-order valence-corrected chi connectivity index (χ4v) is 5.41. The van der Waals surface area contributed by atoms with Gasteiger partial charge in [0.05, 0.1) is 34.1 Å². The molecule has 1 aromatic carbocycles. The van der Waals surface area contributed by atoms with Crippen molar-refractivity contribution in [3.05, 3.63) is 59.7 Å². The first-order valence-electron chi connectivity index (χ1n) is 12.5. The van der Waals surface area contributed by atoms with Crippen LogP contribution < -0.4 is 14.8 Å². The quantitative estimate of drug-likeness (QED) is 0.509. The lowest BCUT2D eigenvalue weighted by Gasteiger charge is -2.45. The zero-order chi connectivity index (χ0) is 26.4. The van der Waals surface area contributed by atoms with Crippen molar-refractivity contribution in [1.29, 1.82) is 0 Å². The topological polar surface area (TPSA) is 107 Å². The number of esters is 1. The minimum atomic E-state index is -0.972. The van der Waals surface area contributed by atoms with E-state index >= 15 is 0 Å². The van der Waals surface area contributed by atoms with Crippen LogP contribution in [0, 0.1) is 11.3 Å². The molecule has 1 aliphatic carbocycles. The summed E-state index contributed by atoms with van der Waals surface area (Å²) in [6.07, 6.45) is 6.83. The zero-order valence-corrected chi connectivity index (χ0v) is 21.6. The van der Waals surface area contributed by atoms with Crippen molar-refractivity contribution in [2.24, 2.45) is 11.3 Å². The number of hydrogen-bond donors (Lipinski definition) is 1. The number of amides is 2. The Morgan fingerprint density at radius 1 is 1.14 bits per heavy atom. The number of furan rings is 1. The second-order valence-electron chi connectivity index (χ2n) is 9.48. The molecule has 37 heavy (non-hydrogen) atoms. The Morgan fingerprint density at radius 2 is 1.95 bits per heavy atom. The van der Waals surface area contributed by atoms with E-state index in [-0.39, 0.29) is 43.7 Å². The second kappa shape index (κ2) is 11.5. The number of hydrogen-bond acceptors (Lipinski definition) is 7. The summed E-state index contributed by atoms with van der Waals surface area (Å²) in [6.45, 7) is 0.462. The molecule has 2 heterocycles. The summed E-state index contributed by atoms with van der Waals surface area (Å²) in [7, 11) is 4.49. The molecule has 1 fully saturated rings. The maximum absolute atomic E-state index is 13.7. The molecule has 4 rings (SSSR count). The number of fused-ring (bicyclic) bond motifs is 1. The molecule has 2 amide bonds. The predicted octanol–water partition coefficient (Wildman–Crippen LogP) is 3.97. The van der Waals surface area contributed by atoms with Crippen LogP contribution in [0.5, 0.6) is 11.5 Å². The number of rotatable bonds is 9. The van der Waals surface area contributed by atoms with Gasteiger partial charge in [0.25, 0.3) is 0 Å². The number of benzene rings is 1. The van der Waals surface area contributed by atoms with Crippen LogP contribution in [0.2, 0.25) is 0 Å². The van der Waals surface area contributed by atoms with Crippen molar-refractivity contribution >= 4 is 17.8 Å². The standard InChI is InChI=1S/C28H34N2O7/c1-34-22-11-10-19(14-23(22)35-2)17-29-25(31)15-20-16-28(27(33)36-3)12-6-4-5-9-24(28)30(26(20)32)18-21-8-7-13-37-21/h7-11,13-14,20H,4-6,12,15-18H2,1-3H3,(H,29,31)/t20-,28+/m1/s1. The fraction of sp³-hybridized carbons (Fsp3) is 0.464. The van der Waals surface area contributed by atoms with Gasteiger partial charge < -0.3 is 28.8 Å². The van der Waals surface area contributed by atoms with Gasteiger partial charge in [-0.25, -0.2) is 0 Å². The summed E-state index contributed by atoms with van der Waals surface area (Å²) < 4.78 is 21.4. The molecule has 0 spiro atoms. The van der Waals surface area contributed by atoms with E-state index < -0.39 is 11.3 Å². The van der Waals surface area contributed by atoms with Gasteiger partial charge in [-0.15, -0.1) is 0 Å². The van der Waals surface area contributed by atoms with Gasteiger partial charge in [-0.3, -0.25) is 14.4 Å². The van der Waals surface area contributed by atoms with Crippen LogP contribution in [-0.4, -0.2) is 44.0 Å². The predicted molar refractivity (Wildman–Crippen MR) is 134 cm³/mol. The number of likely N-dealkylation sites (tertiary alicyclic amines) is 1. The number of ether oxygens (including phenoxy) is 3. The zero-order valence-electron chi connectivity index (χ0n) is 21.6. The maximum atomic E-state index is 13.7. The molecule has 0 bridgehead atoms. The van der Waals surface area contributed by atoms with Gasteiger partial charge in [0, 0.05) is 24.6 Å². The van der Waals surface area contributed by atoms with Crippen molar-refractivity contribution in [2.45, 2.75) is 51.6 Å². The Kier molecular flexibility index (Phi) is 8.21. The Labute approximate surface area is 216 Å². The first-order valence-corrected chi connectivity index (χ1v) is 12.5. The minimum Gasteiger partial charge on any atom is -0.493 e. The SMILES string of the molecule is COC(=O)[C@]12CCCCC=C1N(Cc1ccco1)C(=O)[C@H](CC(=O)NCc1ccc(OC)c(OC)c1)C2. The van der Waals surface area contributed by atoms with Crippen molar-refractivity contribution in [3.63, 3.8) is 0 Å². The van der Waals surface area contributed by atoms with E-state index in [4.69, 9.17) is 18.6 Å². The number of nitrogens with zero attached hydrogens (tertiary/aromatic N) is 1. The number of nitrogens with one attached hydrogen (secondary N) is 1. The molecule has 1 aliphatic heterocycles. The van der Waals surface area contributed by atoms with Gasteiger partial charge in [0.2, 0.25) is 11.8 Å². The average molecular weight is 511 g/mol. The highest BCUT2D eigenvalue weighted by atomic mass is 16.5. The van der Waals surface area contributed by atoms with Crippen LogP contribution in [0.1, 0.15) is 49.8 Å². The van der Waals surface area contributed by atoms with E-state index in [0.717, 1.165) is 24.8 Å². The highest BCUT2D eigenvalue weighted by Crippen LogP contribution is 2.49. The van der Waals surface area contributed by atoms with E-state index in [2.05, 4.69) is 5.32 Å². The monoisotopic (exact) mass is 510 g/mol. The van der Waals surface area contributed by atoms with Gasteiger partial charge in [0.1, 0.15) is 11.2 Å². The largest absolute Gasteiger partial charge is 0.493 e. The molecule has 1 N–H and O–H groups in total. The normalized spacial score (nSPS) is 21.4. The number of carbonyl (C=O) groups is 3. The number of methoxy groups -OCH3 is 3. The summed E-state index contributed by atoms with van der Waals surface area (Å²) in [5.41, 5.74) is 0.528. The van der Waals surface area contributed by atoms with E-state index in [1.807, 2.05) is 12.1 Å². The smallest absolute Gasteiger partial charge is 0.317 e. The lowest BCUT2D eigenvalue weighted by Crippen LogP contribution is -2.53. The lowest BCUT2D eigenvalue weighted by molar-refractivity contribution is -0.160. The Hall–Kier alpha value is -3.75. The molecule has 2 atom stereocenters. The molecule has 9 nitrogen and oxygen atoms in total. The summed E-state index contributed by atoms with van der Waals surface area (Å²) in [5.74, 6) is 0.275. The minimum absolute atomic E-state index is 0.0349. The summed E-state index contributed by atoms with van der Waals surface area (Å²) in [5, 5.41) is 2.90. The van der Waals surface area contributed by atoms with Crippen LogP contribution in [0.15, 0.2) is 52.8 Å². The van der Waals surface area contributed by atoms with Crippen molar-refractivity contribution in [3.8, 4) is 11.5 Å². The van der Waals surface area contributed by atoms with Crippen LogP contribution >= 0.6 is 0 Å². The van der Waals surface area contributed by atoms with Gasteiger partial charge >= 0.3 is 5.97 Å². The number of carbonyl (C=O) groups excluding carboxylic acids is 3. The molecular formula is C28H34N2O7. The fourth-order valence-electron chi connectivity index (χ4n) is 5.41. The molecular weight excluding hydrogens is 476 g/mol. The van der Waals surface area contributed by atoms with Gasteiger partial charge in [-0.1, -0.05) is 18.6 Å². The number of piperidine rings is 1. The van der Waals surface area contributed by atoms with E-state index in [1.165, 1.54) is 7.11 Å². The third kappa shape index (κ3) is 5.50. The van der Waals surface area contributed by atoms with Crippen LogP contribution in [0.25, 0.3) is 0 Å². The van der Waals surface area contributed by atoms with Crippen molar-refractivity contribution < 1.29 is 33.0 Å². The van der Waals surface area contributed by atoms with E-state index in [0.29, 0.717) is 29.4 Å². The maximum Gasteiger partial charge on any atom is 0.317 e. The first-order chi connectivity index (χ1) is 17.9. The van der Waals surface area contributed by atoms with Gasteiger partial charge in [-0.2, -0.15) is 0 Å². The molecule has 0 radical (unpaired) electrons. The summed E-state index contributed by atoms with van der Waals surface area (Å²) in [4.78, 5) is 41.6. The molecule has 0 saturated carbocycles. The van der Waals surface area contributed by atoms with Crippen molar-refractivity contribution in [1.82, 2.24) is 10.2 Å². The molecule has 9 heteroatoms. The highest BCUT2D eigenvalue weighted by Gasteiger charge is 2.54. The van der Waals surface area contributed by atoms with Crippen LogP contribution in [0.3, 0.4) is 0 Å². The summed E-state index contributed by atoms with van der Waals surface area (Å²) >= 11 is 0. The lowest BCUT2D eigenvalue weighted by atomic mass is 9.69. The molecule has 1 aromatic heterocycles. The molecule has 0 unspecified atom stereocenters. The molecule has 2 aromatic rings. The highest BCUT2D eigenvalue weighted by molar-refractivity contribution is 5.92. The Balaban J connectivity index is 1.55. The summed E-state index contributed by atoms with van der Waals surface area (Å²) in [6, 6.07) is 8.97. The van der Waals surface area contributed by atoms with E-state index in [1.54, 1.807) is 49.6 Å². The average Bonchev–Trinajstić information content (AvgIpc) is 3.34. The number of allylic oxidation sites excluding steroid dienone is 1. The third-order valence-corrected chi connectivity index (χ3v) is 7.23. The molecule has 1 saturated heterocycles. The molecule has 198 valence electrons. The van der Waals surface area contributed by atoms with Crippen molar-refractivity contribution in [2.75, 3.05) is 21.3 Å². The van der Waals surface area contributed by atoms with Gasteiger partial charge in [-0.05, 0) is 55.5 Å². The second-order valence-corrected chi connectivity index (χ2v) is 9.48. The van der Waals surface area contributed by atoms with Gasteiger partial charge in [0.15, 0.2) is 11.5 Å². The third-order valence-electron chi connectivity index (χ3n) is 7.23. The first kappa shape index (κ1) is 26.3. The van der Waals surface area contributed by atoms with Crippen LogP contribution in [0.4, 0.5) is 0 Å². The van der Waals surface area contributed by atoms with E-state index in [9.17, 15) is 14.4 Å². The Morgan fingerprint density at radius 3 is 2.65 bits per heavy atom. The molecule has 2 aliphatic rings.